The summed E-state index contributed by atoms with van der Waals surface area (Å²) >= 11 is 0. The van der Waals surface area contributed by atoms with Crippen molar-refractivity contribution in [2.45, 2.75) is 13.3 Å². The second-order valence-corrected chi connectivity index (χ2v) is 3.85. The summed E-state index contributed by atoms with van der Waals surface area (Å²) in [6.07, 6.45) is 0.853. The number of fused-ring (bicyclic) bond motifs is 1. The molecule has 0 spiro atoms. The van der Waals surface area contributed by atoms with E-state index in [4.69, 9.17) is 9.84 Å². The molecule has 0 aliphatic rings. The Hall–Kier alpha value is -1.41. The molecule has 90 valence electrons. The Labute approximate surface area is 119 Å². The molecule has 0 saturated heterocycles. The maximum absolute atomic E-state index is 11.1. The SMILES string of the molecule is CCCOc1cc2ccccc2cc1C(=O)O.[Zn]. The predicted octanol–water partition coefficient (Wildman–Crippen LogP) is 3.32. The molecule has 2 aromatic carbocycles. The Morgan fingerprint density at radius 3 is 2.39 bits per heavy atom. The first-order valence-corrected chi connectivity index (χ1v) is 5.61. The van der Waals surface area contributed by atoms with Crippen molar-refractivity contribution in [3.63, 3.8) is 0 Å². The predicted molar refractivity (Wildman–Crippen MR) is 66.7 cm³/mol. The van der Waals surface area contributed by atoms with Crippen LogP contribution in [0.15, 0.2) is 36.4 Å². The van der Waals surface area contributed by atoms with Crippen LogP contribution >= 0.6 is 0 Å². The van der Waals surface area contributed by atoms with Gasteiger partial charge in [0.1, 0.15) is 11.3 Å². The van der Waals surface area contributed by atoms with E-state index in [1.165, 1.54) is 0 Å². The van der Waals surface area contributed by atoms with Gasteiger partial charge in [-0.2, -0.15) is 0 Å². The van der Waals surface area contributed by atoms with Gasteiger partial charge in [0.05, 0.1) is 6.61 Å². The summed E-state index contributed by atoms with van der Waals surface area (Å²) in [7, 11) is 0. The van der Waals surface area contributed by atoms with Crippen molar-refractivity contribution in [2.24, 2.45) is 0 Å². The Morgan fingerprint density at radius 1 is 1.22 bits per heavy atom. The monoisotopic (exact) mass is 294 g/mol. The van der Waals surface area contributed by atoms with Gasteiger partial charge in [0.25, 0.3) is 0 Å². The van der Waals surface area contributed by atoms with Gasteiger partial charge >= 0.3 is 5.97 Å². The minimum Gasteiger partial charge on any atom is -0.493 e. The normalized spacial score (nSPS) is 9.83. The van der Waals surface area contributed by atoms with Crippen LogP contribution in [0.5, 0.6) is 5.75 Å². The standard InChI is InChI=1S/C14H14O3.Zn/c1-2-7-17-13-9-11-6-4-3-5-10(11)8-12(13)14(15)16;/h3-6,8-9H,2,7H2,1H3,(H,15,16);. The van der Waals surface area contributed by atoms with Gasteiger partial charge < -0.3 is 9.84 Å². The smallest absolute Gasteiger partial charge is 0.339 e. The van der Waals surface area contributed by atoms with Gasteiger partial charge in [-0.25, -0.2) is 4.79 Å². The number of carboxylic acid groups (broad SMARTS) is 1. The molecule has 0 heterocycles. The molecular weight excluding hydrogens is 282 g/mol. The van der Waals surface area contributed by atoms with E-state index in [0.717, 1.165) is 17.2 Å². The third-order valence-corrected chi connectivity index (χ3v) is 2.54. The molecule has 0 bridgehead atoms. The molecule has 4 heteroatoms. The molecule has 0 saturated carbocycles. The van der Waals surface area contributed by atoms with E-state index in [9.17, 15) is 4.79 Å². The van der Waals surface area contributed by atoms with E-state index >= 15 is 0 Å². The van der Waals surface area contributed by atoms with E-state index in [0.29, 0.717) is 12.4 Å². The molecule has 0 aliphatic heterocycles. The van der Waals surface area contributed by atoms with Crippen molar-refractivity contribution in [2.75, 3.05) is 6.61 Å². The summed E-state index contributed by atoms with van der Waals surface area (Å²) in [6.45, 7) is 2.51. The van der Waals surface area contributed by atoms with Crippen LogP contribution in [0.25, 0.3) is 10.8 Å². The van der Waals surface area contributed by atoms with Crippen molar-refractivity contribution in [1.82, 2.24) is 0 Å². The van der Waals surface area contributed by atoms with Crippen molar-refractivity contribution >= 4 is 16.7 Å². The van der Waals surface area contributed by atoms with E-state index < -0.39 is 5.97 Å². The van der Waals surface area contributed by atoms with Crippen LogP contribution in [0.2, 0.25) is 0 Å². The minimum atomic E-state index is -0.957. The molecule has 0 radical (unpaired) electrons. The summed E-state index contributed by atoms with van der Waals surface area (Å²) in [4.78, 5) is 11.1. The van der Waals surface area contributed by atoms with Gasteiger partial charge in [-0.1, -0.05) is 31.2 Å². The van der Waals surface area contributed by atoms with Crippen LogP contribution in [0.4, 0.5) is 0 Å². The van der Waals surface area contributed by atoms with Gasteiger partial charge in [0, 0.05) is 19.5 Å². The molecule has 3 nitrogen and oxygen atoms in total. The molecule has 0 atom stereocenters. The number of benzene rings is 2. The van der Waals surface area contributed by atoms with Crippen molar-refractivity contribution in [3.05, 3.63) is 42.0 Å². The number of hydrogen-bond acceptors (Lipinski definition) is 2. The van der Waals surface area contributed by atoms with Crippen molar-refractivity contribution in [3.8, 4) is 5.75 Å². The number of rotatable bonds is 4. The molecule has 1 N–H and O–H groups in total. The zero-order chi connectivity index (χ0) is 12.3. The van der Waals surface area contributed by atoms with Crippen LogP contribution in [-0.2, 0) is 19.5 Å². The topological polar surface area (TPSA) is 46.5 Å². The molecule has 2 aromatic rings. The molecular formula is C14H14O3Zn. The van der Waals surface area contributed by atoms with E-state index in [2.05, 4.69) is 0 Å². The molecule has 0 aromatic heterocycles. The van der Waals surface area contributed by atoms with E-state index in [1.54, 1.807) is 12.1 Å². The Morgan fingerprint density at radius 2 is 1.83 bits per heavy atom. The first kappa shape index (κ1) is 14.7. The second kappa shape index (κ2) is 6.51. The average Bonchev–Trinajstić information content (AvgIpc) is 2.35. The molecule has 0 fully saturated rings. The van der Waals surface area contributed by atoms with Gasteiger partial charge in [0.15, 0.2) is 0 Å². The second-order valence-electron chi connectivity index (χ2n) is 3.85. The number of hydrogen-bond donors (Lipinski definition) is 1. The van der Waals surface area contributed by atoms with Gasteiger partial charge in [-0.15, -0.1) is 0 Å². The van der Waals surface area contributed by atoms with Crippen LogP contribution in [0.3, 0.4) is 0 Å². The van der Waals surface area contributed by atoms with Crippen LogP contribution in [0, 0.1) is 0 Å². The van der Waals surface area contributed by atoms with Crippen LogP contribution in [0.1, 0.15) is 23.7 Å². The van der Waals surface area contributed by atoms with Gasteiger partial charge in [-0.05, 0) is 29.3 Å². The summed E-state index contributed by atoms with van der Waals surface area (Å²) in [5, 5.41) is 11.0. The first-order chi connectivity index (χ1) is 8.22. The molecule has 0 aliphatic carbocycles. The third-order valence-electron chi connectivity index (χ3n) is 2.54. The average molecular weight is 296 g/mol. The fourth-order valence-electron chi connectivity index (χ4n) is 1.72. The quantitative estimate of drug-likeness (QED) is 0.880. The Balaban J connectivity index is 0.00000162. The van der Waals surface area contributed by atoms with Crippen molar-refractivity contribution in [1.29, 1.82) is 0 Å². The minimum absolute atomic E-state index is 0. The maximum Gasteiger partial charge on any atom is 0.339 e. The first-order valence-electron chi connectivity index (χ1n) is 5.61. The molecule has 0 amide bonds. The zero-order valence-electron chi connectivity index (χ0n) is 10.3. The van der Waals surface area contributed by atoms with Crippen molar-refractivity contribution < 1.29 is 34.1 Å². The Bertz CT molecular complexity index is 552. The fraction of sp³-hybridized carbons (Fsp3) is 0.214. The Kier molecular flexibility index (Phi) is 5.30. The largest absolute Gasteiger partial charge is 0.493 e. The molecule has 18 heavy (non-hydrogen) atoms. The number of carboxylic acids is 1. The number of carbonyl (C=O) groups is 1. The van der Waals surface area contributed by atoms with Gasteiger partial charge in [0.2, 0.25) is 0 Å². The zero-order valence-corrected chi connectivity index (χ0v) is 13.3. The number of ether oxygens (including phenoxy) is 1. The third kappa shape index (κ3) is 3.08. The molecule has 2 rings (SSSR count). The maximum atomic E-state index is 11.1. The summed E-state index contributed by atoms with van der Waals surface area (Å²) in [5.41, 5.74) is 0.220. The number of aromatic carboxylic acids is 1. The molecule has 0 unspecified atom stereocenters. The fourth-order valence-corrected chi connectivity index (χ4v) is 1.72. The summed E-state index contributed by atoms with van der Waals surface area (Å²) < 4.78 is 5.47. The van der Waals surface area contributed by atoms with E-state index in [-0.39, 0.29) is 25.0 Å². The van der Waals surface area contributed by atoms with Crippen LogP contribution < -0.4 is 4.74 Å². The summed E-state index contributed by atoms with van der Waals surface area (Å²) in [6, 6.07) is 11.1. The van der Waals surface area contributed by atoms with Gasteiger partial charge in [-0.3, -0.25) is 0 Å². The summed E-state index contributed by atoms with van der Waals surface area (Å²) in [5.74, 6) is -0.514. The van der Waals surface area contributed by atoms with Crippen LogP contribution in [-0.4, -0.2) is 17.7 Å². The van der Waals surface area contributed by atoms with E-state index in [1.807, 2.05) is 31.2 Å².